The van der Waals surface area contributed by atoms with Crippen molar-refractivity contribution in [3.63, 3.8) is 0 Å². The summed E-state index contributed by atoms with van der Waals surface area (Å²) in [7, 11) is 0. The summed E-state index contributed by atoms with van der Waals surface area (Å²) in [6, 6.07) is 0. The van der Waals surface area contributed by atoms with Gasteiger partial charge in [0, 0.05) is 0 Å². The first-order chi connectivity index (χ1) is 10.0. The van der Waals surface area contributed by atoms with E-state index < -0.39 is 0 Å². The molecule has 1 heteroatoms. The summed E-state index contributed by atoms with van der Waals surface area (Å²) in [6.07, 6.45) is 13.3. The maximum absolute atomic E-state index is 10.3. The van der Waals surface area contributed by atoms with Crippen molar-refractivity contribution in [1.29, 1.82) is 0 Å². The van der Waals surface area contributed by atoms with Crippen LogP contribution in [0.15, 0.2) is 23.5 Å². The molecule has 0 bridgehead atoms. The van der Waals surface area contributed by atoms with Crippen LogP contribution < -0.4 is 0 Å². The highest BCUT2D eigenvalue weighted by Gasteiger charge is 2.42. The van der Waals surface area contributed by atoms with Crippen LogP contribution in [-0.4, -0.2) is 5.11 Å². The first-order valence-corrected chi connectivity index (χ1v) is 9.16. The van der Waals surface area contributed by atoms with E-state index in [4.69, 9.17) is 0 Å². The van der Waals surface area contributed by atoms with Crippen molar-refractivity contribution in [3.8, 4) is 0 Å². The molecule has 0 aliphatic heterocycles. The topological polar surface area (TPSA) is 20.2 Å². The van der Waals surface area contributed by atoms with Gasteiger partial charge in [0.25, 0.3) is 0 Å². The van der Waals surface area contributed by atoms with E-state index in [2.05, 4.69) is 60.6 Å². The van der Waals surface area contributed by atoms with Crippen molar-refractivity contribution in [1.82, 2.24) is 0 Å². The Labute approximate surface area is 138 Å². The van der Waals surface area contributed by atoms with Gasteiger partial charge in [-0.05, 0) is 40.7 Å². The highest BCUT2D eigenvalue weighted by Crippen LogP contribution is 2.52. The maximum atomic E-state index is 10.3. The molecule has 0 spiro atoms. The van der Waals surface area contributed by atoms with E-state index in [1.807, 2.05) is 0 Å². The summed E-state index contributed by atoms with van der Waals surface area (Å²) in [5.41, 5.74) is 1.52. The van der Waals surface area contributed by atoms with Crippen LogP contribution in [0.3, 0.4) is 0 Å². The third kappa shape index (κ3) is 4.64. The number of hydrogen-bond acceptors (Lipinski definition) is 1. The van der Waals surface area contributed by atoms with Crippen LogP contribution in [0.25, 0.3) is 0 Å². The van der Waals surface area contributed by atoms with Crippen molar-refractivity contribution < 1.29 is 5.11 Å². The highest BCUT2D eigenvalue weighted by molar-refractivity contribution is 5.37. The van der Waals surface area contributed by atoms with Gasteiger partial charge in [0.2, 0.25) is 0 Å². The Morgan fingerprint density at radius 3 is 2.09 bits per heavy atom. The SMILES string of the molecule is CCCCCCCC1(C(C)(C)C)C=C(C(C)(C)C)C(O)=CC1. The van der Waals surface area contributed by atoms with Gasteiger partial charge in [-0.1, -0.05) is 86.6 Å². The molecule has 0 heterocycles. The fourth-order valence-electron chi connectivity index (χ4n) is 3.51. The molecule has 22 heavy (non-hydrogen) atoms. The normalized spacial score (nSPS) is 23.2. The lowest BCUT2D eigenvalue weighted by Gasteiger charge is -2.46. The van der Waals surface area contributed by atoms with Crippen LogP contribution in [0.4, 0.5) is 0 Å². The third-order valence-electron chi connectivity index (χ3n) is 5.38. The smallest absolute Gasteiger partial charge is 0.115 e. The maximum Gasteiger partial charge on any atom is 0.115 e. The van der Waals surface area contributed by atoms with Crippen LogP contribution in [0.2, 0.25) is 0 Å². The van der Waals surface area contributed by atoms with E-state index in [0.717, 1.165) is 12.0 Å². The molecule has 1 atom stereocenters. The average Bonchev–Trinajstić information content (AvgIpc) is 2.38. The van der Waals surface area contributed by atoms with Crippen LogP contribution in [-0.2, 0) is 0 Å². The van der Waals surface area contributed by atoms with Gasteiger partial charge in [-0.15, -0.1) is 0 Å². The molecule has 0 aromatic rings. The molecule has 1 unspecified atom stereocenters. The molecule has 128 valence electrons. The van der Waals surface area contributed by atoms with E-state index in [9.17, 15) is 5.11 Å². The molecule has 1 rings (SSSR count). The Hall–Kier alpha value is -0.720. The standard InChI is InChI=1S/C21H38O/c1-8-9-10-11-12-14-21(20(5,6)7)15-13-18(22)17(16-21)19(2,3)4/h13,16,22H,8-12,14-15H2,1-7H3. The zero-order valence-electron chi connectivity index (χ0n) is 16.1. The first-order valence-electron chi connectivity index (χ1n) is 9.16. The van der Waals surface area contributed by atoms with Crippen LogP contribution in [0, 0.1) is 16.2 Å². The molecule has 0 radical (unpaired) electrons. The van der Waals surface area contributed by atoms with Gasteiger partial charge in [-0.25, -0.2) is 0 Å². The summed E-state index contributed by atoms with van der Waals surface area (Å²) in [6.45, 7) is 15.9. The van der Waals surface area contributed by atoms with E-state index in [0.29, 0.717) is 5.76 Å². The van der Waals surface area contributed by atoms with Crippen molar-refractivity contribution in [2.24, 2.45) is 16.2 Å². The van der Waals surface area contributed by atoms with Gasteiger partial charge in [0.15, 0.2) is 0 Å². The second kappa shape index (κ2) is 7.23. The second-order valence-electron chi connectivity index (χ2n) is 9.17. The Bertz CT molecular complexity index is 414. The third-order valence-corrected chi connectivity index (χ3v) is 5.38. The largest absolute Gasteiger partial charge is 0.508 e. The Kier molecular flexibility index (Phi) is 6.36. The Balaban J connectivity index is 2.97. The minimum absolute atomic E-state index is 0.000284. The fraction of sp³-hybridized carbons (Fsp3) is 0.810. The van der Waals surface area contributed by atoms with Gasteiger partial charge in [0.1, 0.15) is 5.76 Å². The molecule has 1 nitrogen and oxygen atoms in total. The number of unbranched alkanes of at least 4 members (excludes halogenated alkanes) is 4. The Morgan fingerprint density at radius 2 is 1.59 bits per heavy atom. The van der Waals surface area contributed by atoms with Crippen molar-refractivity contribution >= 4 is 0 Å². The molecule has 0 amide bonds. The molecular formula is C21H38O. The molecular weight excluding hydrogens is 268 g/mol. The van der Waals surface area contributed by atoms with Crippen molar-refractivity contribution in [2.75, 3.05) is 0 Å². The van der Waals surface area contributed by atoms with Gasteiger partial charge in [-0.2, -0.15) is 0 Å². The lowest BCUT2D eigenvalue weighted by Crippen LogP contribution is -2.36. The zero-order chi connectivity index (χ0) is 17.0. The Morgan fingerprint density at radius 1 is 1.00 bits per heavy atom. The molecule has 1 N–H and O–H groups in total. The molecule has 1 aliphatic rings. The predicted octanol–water partition coefficient (Wildman–Crippen LogP) is 7.20. The molecule has 0 fully saturated rings. The molecule has 0 saturated heterocycles. The minimum atomic E-state index is -0.000284. The summed E-state index contributed by atoms with van der Waals surface area (Å²) in [4.78, 5) is 0. The molecule has 0 saturated carbocycles. The first kappa shape index (κ1) is 19.3. The average molecular weight is 307 g/mol. The predicted molar refractivity (Wildman–Crippen MR) is 98.1 cm³/mol. The lowest BCUT2D eigenvalue weighted by molar-refractivity contribution is 0.122. The van der Waals surface area contributed by atoms with E-state index in [1.165, 1.54) is 38.5 Å². The van der Waals surface area contributed by atoms with E-state index in [-0.39, 0.29) is 16.2 Å². The molecule has 0 aromatic carbocycles. The fourth-order valence-corrected chi connectivity index (χ4v) is 3.51. The minimum Gasteiger partial charge on any atom is -0.508 e. The van der Waals surface area contributed by atoms with Crippen LogP contribution in [0.5, 0.6) is 0 Å². The van der Waals surface area contributed by atoms with Gasteiger partial charge in [0.05, 0.1) is 0 Å². The molecule has 0 aromatic heterocycles. The van der Waals surface area contributed by atoms with E-state index >= 15 is 0 Å². The van der Waals surface area contributed by atoms with Crippen LogP contribution in [0.1, 0.15) is 93.4 Å². The number of rotatable bonds is 6. The quantitative estimate of drug-likeness (QED) is 0.514. The van der Waals surface area contributed by atoms with Crippen molar-refractivity contribution in [2.45, 2.75) is 93.4 Å². The highest BCUT2D eigenvalue weighted by atomic mass is 16.3. The summed E-state index contributed by atoms with van der Waals surface area (Å²) < 4.78 is 0. The number of aliphatic hydroxyl groups is 1. The van der Waals surface area contributed by atoms with Gasteiger partial charge in [-0.3, -0.25) is 0 Å². The summed E-state index contributed by atoms with van der Waals surface area (Å²) >= 11 is 0. The van der Waals surface area contributed by atoms with Crippen molar-refractivity contribution in [3.05, 3.63) is 23.5 Å². The number of allylic oxidation sites excluding steroid dienone is 3. The summed E-state index contributed by atoms with van der Waals surface area (Å²) in [5.74, 6) is 0.498. The lowest BCUT2D eigenvalue weighted by atomic mass is 9.58. The summed E-state index contributed by atoms with van der Waals surface area (Å²) in [5, 5.41) is 10.3. The monoisotopic (exact) mass is 306 g/mol. The van der Waals surface area contributed by atoms with Gasteiger partial charge >= 0.3 is 0 Å². The van der Waals surface area contributed by atoms with Crippen LogP contribution >= 0.6 is 0 Å². The molecule has 1 aliphatic carbocycles. The van der Waals surface area contributed by atoms with Gasteiger partial charge < -0.3 is 5.11 Å². The second-order valence-corrected chi connectivity index (χ2v) is 9.17. The number of aliphatic hydroxyl groups excluding tert-OH is 1. The number of hydrogen-bond donors (Lipinski definition) is 1. The zero-order valence-corrected chi connectivity index (χ0v) is 16.1. The van der Waals surface area contributed by atoms with E-state index in [1.54, 1.807) is 0 Å².